The number of aryl methyl sites for hydroxylation is 1. The molecule has 2 rings (SSSR count). The molecule has 2 aromatic rings. The maximum absolute atomic E-state index is 6.20. The van der Waals surface area contributed by atoms with Gasteiger partial charge in [0.05, 0.1) is 27.1 Å². The molecule has 0 amide bonds. The summed E-state index contributed by atoms with van der Waals surface area (Å²) in [4.78, 5) is 0. The monoisotopic (exact) mass is 266 g/mol. The van der Waals surface area contributed by atoms with Crippen LogP contribution in [0.5, 0.6) is 0 Å². The second kappa shape index (κ2) is 4.86. The maximum Gasteiger partial charge on any atom is 0.0807 e. The Labute approximate surface area is 110 Å². The van der Waals surface area contributed by atoms with E-state index >= 15 is 0 Å². The van der Waals surface area contributed by atoms with E-state index in [1.165, 1.54) is 0 Å². The van der Waals surface area contributed by atoms with Crippen LogP contribution in [0.3, 0.4) is 0 Å². The molecule has 17 heavy (non-hydrogen) atoms. The molecule has 0 spiro atoms. The highest BCUT2D eigenvalue weighted by molar-refractivity contribution is 6.35. The summed E-state index contributed by atoms with van der Waals surface area (Å²) in [5, 5.41) is 4.41. The third kappa shape index (κ3) is 2.48. The van der Waals surface area contributed by atoms with Crippen LogP contribution in [0.4, 0.5) is 17.1 Å². The number of nitrogen functional groups attached to an aromatic ring is 1. The van der Waals surface area contributed by atoms with Crippen molar-refractivity contribution in [1.82, 2.24) is 0 Å². The van der Waals surface area contributed by atoms with Crippen molar-refractivity contribution < 1.29 is 0 Å². The Morgan fingerprint density at radius 3 is 2.47 bits per heavy atom. The van der Waals surface area contributed by atoms with Gasteiger partial charge in [0.1, 0.15) is 0 Å². The quantitative estimate of drug-likeness (QED) is 0.778. The van der Waals surface area contributed by atoms with Crippen molar-refractivity contribution in [1.29, 1.82) is 0 Å². The van der Waals surface area contributed by atoms with E-state index in [2.05, 4.69) is 5.32 Å². The van der Waals surface area contributed by atoms with E-state index in [1.54, 1.807) is 18.2 Å². The molecule has 4 heteroatoms. The van der Waals surface area contributed by atoms with Gasteiger partial charge < -0.3 is 11.1 Å². The number of rotatable bonds is 2. The van der Waals surface area contributed by atoms with Crippen LogP contribution >= 0.6 is 23.2 Å². The number of hydrogen-bond donors (Lipinski definition) is 2. The fourth-order valence-corrected chi connectivity index (χ4v) is 1.95. The first-order chi connectivity index (χ1) is 8.09. The van der Waals surface area contributed by atoms with Crippen molar-refractivity contribution in [3.63, 3.8) is 0 Å². The standard InChI is InChI=1S/C13H12Cl2N2/c1-8-4-2-7-11(12(8)15)17-13-9(14)5-3-6-10(13)16/h2-7,17H,16H2,1H3. The lowest BCUT2D eigenvalue weighted by molar-refractivity contribution is 1.45. The highest BCUT2D eigenvalue weighted by atomic mass is 35.5. The normalized spacial score (nSPS) is 10.3. The van der Waals surface area contributed by atoms with Crippen LogP contribution in [0, 0.1) is 6.92 Å². The van der Waals surface area contributed by atoms with Crippen LogP contribution in [0.1, 0.15) is 5.56 Å². The summed E-state index contributed by atoms with van der Waals surface area (Å²) in [6, 6.07) is 11.1. The Hall–Kier alpha value is -1.38. The molecule has 0 saturated heterocycles. The summed E-state index contributed by atoms with van der Waals surface area (Å²) in [5.74, 6) is 0. The van der Waals surface area contributed by atoms with Crippen molar-refractivity contribution in [3.05, 3.63) is 52.0 Å². The van der Waals surface area contributed by atoms with Crippen LogP contribution in [0.25, 0.3) is 0 Å². The van der Waals surface area contributed by atoms with Gasteiger partial charge in [0.2, 0.25) is 0 Å². The zero-order valence-corrected chi connectivity index (χ0v) is 10.8. The summed E-state index contributed by atoms with van der Waals surface area (Å²) in [7, 11) is 0. The van der Waals surface area contributed by atoms with Crippen molar-refractivity contribution in [2.24, 2.45) is 0 Å². The third-order valence-corrected chi connectivity index (χ3v) is 3.31. The Bertz CT molecular complexity index is 533. The number of nitrogens with two attached hydrogens (primary N) is 1. The van der Waals surface area contributed by atoms with Crippen molar-refractivity contribution in [3.8, 4) is 0 Å². The van der Waals surface area contributed by atoms with Gasteiger partial charge in [-0.2, -0.15) is 0 Å². The lowest BCUT2D eigenvalue weighted by Gasteiger charge is -2.13. The van der Waals surface area contributed by atoms with E-state index < -0.39 is 0 Å². The molecule has 3 N–H and O–H groups in total. The smallest absolute Gasteiger partial charge is 0.0807 e. The molecule has 0 unspecified atom stereocenters. The molecule has 2 nitrogen and oxygen atoms in total. The highest BCUT2D eigenvalue weighted by Crippen LogP contribution is 2.34. The Morgan fingerprint density at radius 1 is 1.06 bits per heavy atom. The molecule has 0 aromatic heterocycles. The molecule has 0 bridgehead atoms. The SMILES string of the molecule is Cc1cccc(Nc2c(N)cccc2Cl)c1Cl. The fraction of sp³-hybridized carbons (Fsp3) is 0.0769. The number of anilines is 3. The molecule has 0 radical (unpaired) electrons. The summed E-state index contributed by atoms with van der Waals surface area (Å²) in [6.07, 6.45) is 0. The van der Waals surface area contributed by atoms with Crippen LogP contribution in [0.2, 0.25) is 10.0 Å². The molecule has 2 aromatic carbocycles. The average molecular weight is 267 g/mol. The van der Waals surface area contributed by atoms with Crippen molar-refractivity contribution >= 4 is 40.3 Å². The molecular formula is C13H12Cl2N2. The van der Waals surface area contributed by atoms with Gasteiger partial charge in [0, 0.05) is 0 Å². The van der Waals surface area contributed by atoms with Crippen molar-refractivity contribution in [2.45, 2.75) is 6.92 Å². The van der Waals surface area contributed by atoms with E-state index in [4.69, 9.17) is 28.9 Å². The molecule has 0 aliphatic carbocycles. The summed E-state index contributed by atoms with van der Waals surface area (Å²) in [6.45, 7) is 1.95. The number of benzene rings is 2. The molecule has 0 aliphatic heterocycles. The van der Waals surface area contributed by atoms with E-state index in [0.29, 0.717) is 21.4 Å². The van der Waals surface area contributed by atoms with Gasteiger partial charge in [0.15, 0.2) is 0 Å². The minimum atomic E-state index is 0.572. The molecule has 88 valence electrons. The van der Waals surface area contributed by atoms with E-state index in [9.17, 15) is 0 Å². The number of para-hydroxylation sites is 1. The number of halogens is 2. The predicted molar refractivity (Wildman–Crippen MR) is 75.3 cm³/mol. The third-order valence-electron chi connectivity index (χ3n) is 2.50. The minimum absolute atomic E-state index is 0.572. The predicted octanol–water partition coefficient (Wildman–Crippen LogP) is 4.63. The van der Waals surface area contributed by atoms with Gasteiger partial charge in [-0.1, -0.05) is 41.4 Å². The Kier molecular flexibility index (Phi) is 3.46. The van der Waals surface area contributed by atoms with Gasteiger partial charge in [-0.15, -0.1) is 0 Å². The molecule has 0 aliphatic rings. The molecular weight excluding hydrogens is 255 g/mol. The van der Waals surface area contributed by atoms with Gasteiger partial charge in [-0.25, -0.2) is 0 Å². The van der Waals surface area contributed by atoms with Gasteiger partial charge >= 0.3 is 0 Å². The van der Waals surface area contributed by atoms with E-state index in [1.807, 2.05) is 25.1 Å². The lowest BCUT2D eigenvalue weighted by atomic mass is 10.2. The second-order valence-corrected chi connectivity index (χ2v) is 4.55. The average Bonchev–Trinajstić information content (AvgIpc) is 2.29. The first kappa shape index (κ1) is 12.1. The molecule has 0 fully saturated rings. The van der Waals surface area contributed by atoms with E-state index in [0.717, 1.165) is 11.3 Å². The van der Waals surface area contributed by atoms with Crippen molar-refractivity contribution in [2.75, 3.05) is 11.1 Å². The molecule has 0 heterocycles. The largest absolute Gasteiger partial charge is 0.397 e. The lowest BCUT2D eigenvalue weighted by Crippen LogP contribution is -1.98. The second-order valence-electron chi connectivity index (χ2n) is 3.77. The van der Waals surface area contributed by atoms with Crippen LogP contribution in [-0.2, 0) is 0 Å². The van der Waals surface area contributed by atoms with Crippen LogP contribution < -0.4 is 11.1 Å². The topological polar surface area (TPSA) is 38.0 Å². The summed E-state index contributed by atoms with van der Waals surface area (Å²) in [5.41, 5.74) is 8.94. The van der Waals surface area contributed by atoms with Crippen LogP contribution in [0.15, 0.2) is 36.4 Å². The maximum atomic E-state index is 6.20. The van der Waals surface area contributed by atoms with Gasteiger partial charge in [0.25, 0.3) is 0 Å². The minimum Gasteiger partial charge on any atom is -0.397 e. The highest BCUT2D eigenvalue weighted by Gasteiger charge is 2.08. The Balaban J connectivity index is 2.42. The number of hydrogen-bond acceptors (Lipinski definition) is 2. The zero-order chi connectivity index (χ0) is 12.4. The molecule has 0 saturated carbocycles. The Morgan fingerprint density at radius 2 is 1.76 bits per heavy atom. The first-order valence-electron chi connectivity index (χ1n) is 5.15. The van der Waals surface area contributed by atoms with Gasteiger partial charge in [-0.3, -0.25) is 0 Å². The summed E-state index contributed by atoms with van der Waals surface area (Å²) < 4.78 is 0. The zero-order valence-electron chi connectivity index (χ0n) is 9.30. The summed E-state index contributed by atoms with van der Waals surface area (Å²) >= 11 is 12.3. The van der Waals surface area contributed by atoms with Gasteiger partial charge in [-0.05, 0) is 30.7 Å². The van der Waals surface area contributed by atoms with E-state index in [-0.39, 0.29) is 0 Å². The molecule has 0 atom stereocenters. The number of nitrogens with one attached hydrogen (secondary N) is 1. The first-order valence-corrected chi connectivity index (χ1v) is 5.91. The fourth-order valence-electron chi connectivity index (χ4n) is 1.55. The van der Waals surface area contributed by atoms with Crippen LogP contribution in [-0.4, -0.2) is 0 Å².